The van der Waals surface area contributed by atoms with E-state index in [1.165, 1.54) is 12.0 Å². The van der Waals surface area contributed by atoms with Gasteiger partial charge >= 0.3 is 0 Å². The predicted molar refractivity (Wildman–Crippen MR) is 82.6 cm³/mol. The maximum atomic E-state index is 11.9. The Hall–Kier alpha value is -1.26. The molecule has 1 amide bonds. The summed E-state index contributed by atoms with van der Waals surface area (Å²) in [6.45, 7) is 1.62. The van der Waals surface area contributed by atoms with Crippen molar-refractivity contribution in [2.24, 2.45) is 0 Å². The quantitative estimate of drug-likeness (QED) is 0.873. The van der Waals surface area contributed by atoms with Crippen LogP contribution in [0.25, 0.3) is 0 Å². The molecule has 1 fully saturated rings. The minimum absolute atomic E-state index is 0. The first kappa shape index (κ1) is 16.8. The molecule has 5 heteroatoms. The summed E-state index contributed by atoms with van der Waals surface area (Å²) in [5, 5.41) is 6.25. The van der Waals surface area contributed by atoms with E-state index in [4.69, 9.17) is 4.74 Å². The van der Waals surface area contributed by atoms with Crippen LogP contribution in [0, 0.1) is 0 Å². The molecule has 1 heterocycles. The van der Waals surface area contributed by atoms with Gasteiger partial charge in [0, 0.05) is 6.54 Å². The first-order chi connectivity index (χ1) is 9.29. The van der Waals surface area contributed by atoms with Crippen LogP contribution in [0.5, 0.6) is 5.75 Å². The fourth-order valence-corrected chi connectivity index (χ4v) is 2.36. The number of piperidine rings is 1. The monoisotopic (exact) mass is 298 g/mol. The predicted octanol–water partition coefficient (Wildman–Crippen LogP) is 1.92. The van der Waals surface area contributed by atoms with Crippen molar-refractivity contribution in [3.05, 3.63) is 29.8 Å². The molecule has 20 heavy (non-hydrogen) atoms. The Morgan fingerprint density at radius 1 is 1.45 bits per heavy atom. The van der Waals surface area contributed by atoms with Crippen molar-refractivity contribution in [3.63, 3.8) is 0 Å². The summed E-state index contributed by atoms with van der Waals surface area (Å²) in [5.41, 5.74) is 1.18. The highest BCUT2D eigenvalue weighted by molar-refractivity contribution is 5.85. The first-order valence-electron chi connectivity index (χ1n) is 6.93. The van der Waals surface area contributed by atoms with Gasteiger partial charge in [-0.1, -0.05) is 18.6 Å². The zero-order valence-corrected chi connectivity index (χ0v) is 12.7. The van der Waals surface area contributed by atoms with E-state index in [-0.39, 0.29) is 24.4 Å². The van der Waals surface area contributed by atoms with Gasteiger partial charge in [0.15, 0.2) is 0 Å². The molecule has 0 aromatic heterocycles. The second-order valence-corrected chi connectivity index (χ2v) is 4.90. The van der Waals surface area contributed by atoms with Gasteiger partial charge in [0.05, 0.1) is 13.2 Å². The van der Waals surface area contributed by atoms with Crippen molar-refractivity contribution in [1.82, 2.24) is 10.6 Å². The van der Waals surface area contributed by atoms with Crippen LogP contribution >= 0.6 is 12.4 Å². The average molecular weight is 299 g/mol. The maximum Gasteiger partial charge on any atom is 0.237 e. The van der Waals surface area contributed by atoms with Gasteiger partial charge in [0.2, 0.25) is 5.91 Å². The minimum Gasteiger partial charge on any atom is -0.497 e. The fourth-order valence-electron chi connectivity index (χ4n) is 2.36. The molecule has 4 nitrogen and oxygen atoms in total. The lowest BCUT2D eigenvalue weighted by molar-refractivity contribution is -0.123. The Morgan fingerprint density at radius 2 is 2.30 bits per heavy atom. The summed E-state index contributed by atoms with van der Waals surface area (Å²) in [6, 6.07) is 7.95. The normalized spacial score (nSPS) is 17.9. The van der Waals surface area contributed by atoms with Crippen molar-refractivity contribution >= 4 is 18.3 Å². The summed E-state index contributed by atoms with van der Waals surface area (Å²) in [6.07, 6.45) is 4.09. The van der Waals surface area contributed by atoms with Crippen LogP contribution in [0.2, 0.25) is 0 Å². The van der Waals surface area contributed by atoms with Crippen LogP contribution in [0.15, 0.2) is 24.3 Å². The molecule has 1 aromatic rings. The third-order valence-electron chi connectivity index (χ3n) is 3.47. The zero-order chi connectivity index (χ0) is 13.5. The third kappa shape index (κ3) is 5.02. The van der Waals surface area contributed by atoms with E-state index in [1.54, 1.807) is 7.11 Å². The fraction of sp³-hybridized carbons (Fsp3) is 0.533. The van der Waals surface area contributed by atoms with Crippen LogP contribution < -0.4 is 15.4 Å². The van der Waals surface area contributed by atoms with Gasteiger partial charge in [-0.25, -0.2) is 0 Å². The van der Waals surface area contributed by atoms with E-state index >= 15 is 0 Å². The number of methoxy groups -OCH3 is 1. The number of nitrogens with one attached hydrogen (secondary N) is 2. The number of ether oxygens (including phenoxy) is 1. The second kappa shape index (κ2) is 8.82. The Balaban J connectivity index is 0.00000200. The van der Waals surface area contributed by atoms with Gasteiger partial charge in [-0.05, 0) is 43.5 Å². The highest BCUT2D eigenvalue weighted by atomic mass is 35.5. The number of halogens is 1. The number of amides is 1. The number of hydrogen-bond acceptors (Lipinski definition) is 3. The molecule has 1 atom stereocenters. The summed E-state index contributed by atoms with van der Waals surface area (Å²) < 4.78 is 5.18. The smallest absolute Gasteiger partial charge is 0.237 e. The van der Waals surface area contributed by atoms with Gasteiger partial charge < -0.3 is 15.4 Å². The Bertz CT molecular complexity index is 420. The van der Waals surface area contributed by atoms with E-state index in [1.807, 2.05) is 24.3 Å². The van der Waals surface area contributed by atoms with Crippen molar-refractivity contribution < 1.29 is 9.53 Å². The molecule has 0 radical (unpaired) electrons. The third-order valence-corrected chi connectivity index (χ3v) is 3.47. The Labute approximate surface area is 126 Å². The number of hydrogen-bond donors (Lipinski definition) is 2. The van der Waals surface area contributed by atoms with Crippen LogP contribution in [-0.4, -0.2) is 32.1 Å². The molecule has 112 valence electrons. The van der Waals surface area contributed by atoms with Gasteiger partial charge in [-0.15, -0.1) is 12.4 Å². The lowest BCUT2D eigenvalue weighted by Crippen LogP contribution is -2.47. The topological polar surface area (TPSA) is 50.4 Å². The van der Waals surface area contributed by atoms with E-state index in [9.17, 15) is 4.79 Å². The van der Waals surface area contributed by atoms with Crippen LogP contribution in [0.1, 0.15) is 24.8 Å². The van der Waals surface area contributed by atoms with Gasteiger partial charge in [-0.3, -0.25) is 4.79 Å². The van der Waals surface area contributed by atoms with Gasteiger partial charge in [-0.2, -0.15) is 0 Å². The summed E-state index contributed by atoms with van der Waals surface area (Å²) in [7, 11) is 1.66. The lowest BCUT2D eigenvalue weighted by atomic mass is 10.0. The average Bonchev–Trinajstić information content (AvgIpc) is 2.48. The molecule has 1 aliphatic rings. The molecule has 2 rings (SSSR count). The van der Waals surface area contributed by atoms with Crippen molar-refractivity contribution in [2.45, 2.75) is 31.7 Å². The molecule has 0 spiro atoms. The number of benzene rings is 1. The van der Waals surface area contributed by atoms with E-state index in [2.05, 4.69) is 10.6 Å². The number of carbonyl (C=O) groups is 1. The largest absolute Gasteiger partial charge is 0.497 e. The van der Waals surface area contributed by atoms with Crippen LogP contribution in [0.4, 0.5) is 0 Å². The molecule has 1 aromatic carbocycles. The standard InChI is InChI=1S/C15H22N2O2.ClH/c1-19-13-6-4-5-12(11-13)8-10-17-15(18)14-7-2-3-9-16-14;/h4-6,11,14,16H,2-3,7-10H2,1H3,(H,17,18);1H/t14-;/m0./s1. The molecule has 0 aliphatic carbocycles. The van der Waals surface area contributed by atoms with E-state index in [0.29, 0.717) is 6.54 Å². The highest BCUT2D eigenvalue weighted by Gasteiger charge is 2.19. The minimum atomic E-state index is -0.000871. The Morgan fingerprint density at radius 3 is 3.00 bits per heavy atom. The summed E-state index contributed by atoms with van der Waals surface area (Å²) in [4.78, 5) is 11.9. The van der Waals surface area contributed by atoms with Crippen molar-refractivity contribution in [1.29, 1.82) is 0 Å². The van der Waals surface area contributed by atoms with Gasteiger partial charge in [0.1, 0.15) is 5.75 Å². The molecule has 1 aliphatic heterocycles. The van der Waals surface area contributed by atoms with Crippen LogP contribution in [0.3, 0.4) is 0 Å². The molecule has 0 saturated carbocycles. The van der Waals surface area contributed by atoms with E-state index in [0.717, 1.165) is 31.6 Å². The summed E-state index contributed by atoms with van der Waals surface area (Å²) >= 11 is 0. The van der Waals surface area contributed by atoms with Gasteiger partial charge in [0.25, 0.3) is 0 Å². The second-order valence-electron chi connectivity index (χ2n) is 4.90. The summed E-state index contributed by atoms with van der Waals surface area (Å²) in [5.74, 6) is 0.986. The molecular weight excluding hydrogens is 276 g/mol. The highest BCUT2D eigenvalue weighted by Crippen LogP contribution is 2.12. The number of rotatable bonds is 5. The molecular formula is C15H23ClN2O2. The molecule has 2 N–H and O–H groups in total. The lowest BCUT2D eigenvalue weighted by Gasteiger charge is -2.22. The number of carbonyl (C=O) groups excluding carboxylic acids is 1. The maximum absolute atomic E-state index is 11.9. The first-order valence-corrected chi connectivity index (χ1v) is 6.93. The van der Waals surface area contributed by atoms with Crippen molar-refractivity contribution in [3.8, 4) is 5.75 Å². The Kier molecular flexibility index (Phi) is 7.41. The van der Waals surface area contributed by atoms with Crippen LogP contribution in [-0.2, 0) is 11.2 Å². The SMILES string of the molecule is COc1cccc(CCNC(=O)[C@@H]2CCCCN2)c1.Cl. The molecule has 1 saturated heterocycles. The molecule has 0 bridgehead atoms. The van der Waals surface area contributed by atoms with Crippen molar-refractivity contribution in [2.75, 3.05) is 20.2 Å². The molecule has 0 unspecified atom stereocenters. The van der Waals surface area contributed by atoms with E-state index < -0.39 is 0 Å². The zero-order valence-electron chi connectivity index (χ0n) is 11.9.